The van der Waals surface area contributed by atoms with Crippen molar-refractivity contribution in [1.82, 2.24) is 20.4 Å². The van der Waals surface area contributed by atoms with Crippen LogP contribution >= 0.6 is 15.9 Å². The fourth-order valence-corrected chi connectivity index (χ4v) is 5.92. The van der Waals surface area contributed by atoms with E-state index >= 15 is 0 Å². The molecule has 35 heavy (non-hydrogen) atoms. The van der Waals surface area contributed by atoms with Crippen molar-refractivity contribution in [1.29, 1.82) is 0 Å². The largest absolute Gasteiger partial charge is 0.367 e. The minimum absolute atomic E-state index is 0.0599. The number of alkyl halides is 1. The Balaban J connectivity index is 1.08. The zero-order chi connectivity index (χ0) is 24.8. The van der Waals surface area contributed by atoms with Crippen molar-refractivity contribution in [3.63, 3.8) is 0 Å². The number of anilines is 1. The van der Waals surface area contributed by atoms with Crippen molar-refractivity contribution in [3.05, 3.63) is 30.1 Å². The molecule has 0 bridgehead atoms. The first-order valence-corrected chi connectivity index (χ1v) is 13.6. The summed E-state index contributed by atoms with van der Waals surface area (Å²) in [4.78, 5) is 43.4. The topological polar surface area (TPSA) is 85.0 Å². The SMILES string of the molecule is O=C(CCCN1C(=O)NC2CCC(Br)CC2C1=O)NCCCN1CCN(c2ccccc2F)CC1. The summed E-state index contributed by atoms with van der Waals surface area (Å²) in [6.07, 6.45) is 4.09. The van der Waals surface area contributed by atoms with Gasteiger partial charge in [-0.25, -0.2) is 9.18 Å². The van der Waals surface area contributed by atoms with E-state index in [9.17, 15) is 18.8 Å². The molecule has 8 nitrogen and oxygen atoms in total. The van der Waals surface area contributed by atoms with Crippen molar-refractivity contribution >= 4 is 39.5 Å². The molecule has 1 saturated carbocycles. The Labute approximate surface area is 214 Å². The Morgan fingerprint density at radius 2 is 1.86 bits per heavy atom. The molecule has 3 unspecified atom stereocenters. The zero-order valence-electron chi connectivity index (χ0n) is 20.1. The number of urea groups is 1. The third-order valence-corrected chi connectivity index (χ3v) is 8.08. The third kappa shape index (κ3) is 6.73. The highest BCUT2D eigenvalue weighted by atomic mass is 79.9. The number of hydrogen-bond acceptors (Lipinski definition) is 5. The van der Waals surface area contributed by atoms with E-state index in [-0.39, 0.29) is 48.6 Å². The fourth-order valence-electron chi connectivity index (χ4n) is 5.25. The van der Waals surface area contributed by atoms with Crippen LogP contribution in [0.5, 0.6) is 0 Å². The highest BCUT2D eigenvalue weighted by molar-refractivity contribution is 9.09. The highest BCUT2D eigenvalue weighted by Gasteiger charge is 2.43. The minimum Gasteiger partial charge on any atom is -0.367 e. The second kappa shape index (κ2) is 12.2. The molecular weight excluding hydrogens is 517 g/mol. The number of halogens is 2. The predicted molar refractivity (Wildman–Crippen MR) is 136 cm³/mol. The molecule has 2 saturated heterocycles. The van der Waals surface area contributed by atoms with Gasteiger partial charge >= 0.3 is 6.03 Å². The van der Waals surface area contributed by atoms with Gasteiger partial charge < -0.3 is 15.5 Å². The van der Waals surface area contributed by atoms with Crippen LogP contribution in [0.1, 0.15) is 38.5 Å². The lowest BCUT2D eigenvalue weighted by molar-refractivity contribution is -0.136. The molecule has 2 heterocycles. The number of fused-ring (bicyclic) bond motifs is 1. The van der Waals surface area contributed by atoms with Crippen molar-refractivity contribution in [2.24, 2.45) is 5.92 Å². The van der Waals surface area contributed by atoms with Crippen LogP contribution in [0.25, 0.3) is 0 Å². The van der Waals surface area contributed by atoms with Gasteiger partial charge in [0.05, 0.1) is 11.6 Å². The number of para-hydroxylation sites is 1. The zero-order valence-corrected chi connectivity index (χ0v) is 21.6. The number of carbonyl (C=O) groups is 3. The smallest absolute Gasteiger partial charge is 0.324 e. The Hall–Kier alpha value is -2.20. The fraction of sp³-hybridized carbons (Fsp3) is 0.640. The normalized spacial score (nSPS) is 25.3. The predicted octanol–water partition coefficient (Wildman–Crippen LogP) is 2.72. The van der Waals surface area contributed by atoms with E-state index in [1.54, 1.807) is 6.07 Å². The maximum absolute atomic E-state index is 14.0. The van der Waals surface area contributed by atoms with Crippen LogP contribution in [0.4, 0.5) is 14.9 Å². The number of carbonyl (C=O) groups excluding carboxylic acids is 3. The lowest BCUT2D eigenvalue weighted by Crippen LogP contribution is -2.61. The van der Waals surface area contributed by atoms with Crippen LogP contribution in [-0.4, -0.2) is 84.3 Å². The van der Waals surface area contributed by atoms with Crippen molar-refractivity contribution in [2.75, 3.05) is 50.7 Å². The van der Waals surface area contributed by atoms with E-state index < -0.39 is 0 Å². The van der Waals surface area contributed by atoms with Crippen molar-refractivity contribution < 1.29 is 18.8 Å². The molecule has 2 aliphatic heterocycles. The maximum atomic E-state index is 14.0. The number of nitrogens with one attached hydrogen (secondary N) is 2. The van der Waals surface area contributed by atoms with Gasteiger partial charge in [-0.2, -0.15) is 0 Å². The second-order valence-electron chi connectivity index (χ2n) is 9.65. The summed E-state index contributed by atoms with van der Waals surface area (Å²) in [5.74, 6) is -0.526. The average Bonchev–Trinajstić information content (AvgIpc) is 2.85. The summed E-state index contributed by atoms with van der Waals surface area (Å²) in [6.45, 7) is 5.04. The molecule has 1 aromatic carbocycles. The molecule has 4 amide bonds. The van der Waals surface area contributed by atoms with Crippen LogP contribution in [0.3, 0.4) is 0 Å². The van der Waals surface area contributed by atoms with Gasteiger partial charge in [-0.1, -0.05) is 28.1 Å². The Kier molecular flexibility index (Phi) is 8.99. The number of rotatable bonds is 9. The van der Waals surface area contributed by atoms with Gasteiger partial charge in [-0.15, -0.1) is 0 Å². The maximum Gasteiger partial charge on any atom is 0.324 e. The first-order chi connectivity index (χ1) is 16.9. The van der Waals surface area contributed by atoms with Gasteiger partial charge in [0, 0.05) is 56.6 Å². The highest BCUT2D eigenvalue weighted by Crippen LogP contribution is 2.33. The van der Waals surface area contributed by atoms with Crippen LogP contribution < -0.4 is 15.5 Å². The number of nitrogens with zero attached hydrogens (tertiary/aromatic N) is 3. The Bertz CT molecular complexity index is 911. The van der Waals surface area contributed by atoms with E-state index in [0.717, 1.165) is 58.4 Å². The van der Waals surface area contributed by atoms with E-state index in [0.29, 0.717) is 23.5 Å². The molecular formula is C25H35BrFN5O3. The summed E-state index contributed by atoms with van der Waals surface area (Å²) in [6, 6.07) is 6.48. The Morgan fingerprint density at radius 1 is 1.09 bits per heavy atom. The molecule has 4 rings (SSSR count). The molecule has 1 aliphatic carbocycles. The number of benzene rings is 1. The van der Waals surface area contributed by atoms with Gasteiger partial charge in [0.15, 0.2) is 0 Å². The molecule has 3 fully saturated rings. The molecule has 10 heteroatoms. The van der Waals surface area contributed by atoms with E-state index in [2.05, 4.69) is 36.4 Å². The van der Waals surface area contributed by atoms with Crippen LogP contribution in [0.2, 0.25) is 0 Å². The number of piperazine rings is 1. The quantitative estimate of drug-likeness (QED) is 0.364. The van der Waals surface area contributed by atoms with Crippen LogP contribution in [0.15, 0.2) is 24.3 Å². The van der Waals surface area contributed by atoms with Crippen molar-refractivity contribution in [3.8, 4) is 0 Å². The summed E-state index contributed by atoms with van der Waals surface area (Å²) in [5.41, 5.74) is 0.661. The van der Waals surface area contributed by atoms with Gasteiger partial charge in [0.1, 0.15) is 5.82 Å². The molecule has 0 aromatic heterocycles. The lowest BCUT2D eigenvalue weighted by atomic mass is 9.82. The third-order valence-electron chi connectivity index (χ3n) is 7.25. The summed E-state index contributed by atoms with van der Waals surface area (Å²) in [5, 5.41) is 5.90. The minimum atomic E-state index is -0.334. The molecule has 192 valence electrons. The summed E-state index contributed by atoms with van der Waals surface area (Å²) >= 11 is 3.60. The number of hydrogen-bond donors (Lipinski definition) is 2. The van der Waals surface area contributed by atoms with E-state index in [1.807, 2.05) is 12.1 Å². The lowest BCUT2D eigenvalue weighted by Gasteiger charge is -2.41. The first kappa shape index (κ1) is 25.9. The van der Waals surface area contributed by atoms with Crippen molar-refractivity contribution in [2.45, 2.75) is 49.4 Å². The molecule has 3 aliphatic rings. The summed E-state index contributed by atoms with van der Waals surface area (Å²) < 4.78 is 14.0. The van der Waals surface area contributed by atoms with Gasteiger partial charge in [0.25, 0.3) is 0 Å². The van der Waals surface area contributed by atoms with Gasteiger partial charge in [0.2, 0.25) is 11.8 Å². The monoisotopic (exact) mass is 551 g/mol. The summed E-state index contributed by atoms with van der Waals surface area (Å²) in [7, 11) is 0. The molecule has 0 spiro atoms. The molecule has 1 aromatic rings. The Morgan fingerprint density at radius 3 is 2.63 bits per heavy atom. The number of imide groups is 1. The average molecular weight is 552 g/mol. The van der Waals surface area contributed by atoms with E-state index in [1.165, 1.54) is 11.0 Å². The molecule has 2 N–H and O–H groups in total. The molecule has 0 radical (unpaired) electrons. The molecule has 3 atom stereocenters. The number of amides is 4. The van der Waals surface area contributed by atoms with Gasteiger partial charge in [-0.3, -0.25) is 19.4 Å². The van der Waals surface area contributed by atoms with Crippen LogP contribution in [-0.2, 0) is 9.59 Å². The van der Waals surface area contributed by atoms with Crippen LogP contribution in [0, 0.1) is 11.7 Å². The van der Waals surface area contributed by atoms with E-state index in [4.69, 9.17) is 0 Å². The first-order valence-electron chi connectivity index (χ1n) is 12.7. The van der Waals surface area contributed by atoms with Gasteiger partial charge in [-0.05, 0) is 50.8 Å². The standard InChI is InChI=1S/C25H35BrFN5O3/c26-18-8-9-21-19(17-18)24(34)32(25(35)29-21)12-3-7-23(33)28-10-4-11-30-13-15-31(16-14-30)22-6-2-1-5-20(22)27/h1-2,5-6,18-19,21H,3-4,7-17H2,(H,28,33)(H,29,35). The second-order valence-corrected chi connectivity index (χ2v) is 10.9.